The van der Waals surface area contributed by atoms with Crippen molar-refractivity contribution in [3.05, 3.63) is 65.0 Å². The zero-order valence-electron chi connectivity index (χ0n) is 13.6. The van der Waals surface area contributed by atoms with Gasteiger partial charge in [-0.3, -0.25) is 4.79 Å². The predicted octanol–water partition coefficient (Wildman–Crippen LogP) is 2.61. The van der Waals surface area contributed by atoms with Crippen LogP contribution < -0.4 is 11.1 Å². The van der Waals surface area contributed by atoms with Gasteiger partial charge in [0.1, 0.15) is 11.3 Å². The van der Waals surface area contributed by atoms with Gasteiger partial charge in [0.2, 0.25) is 0 Å². The topological polar surface area (TPSA) is 83.8 Å². The van der Waals surface area contributed by atoms with E-state index in [0.29, 0.717) is 11.1 Å². The van der Waals surface area contributed by atoms with Gasteiger partial charge in [-0.1, -0.05) is 37.3 Å². The number of hydrogen-bond donors (Lipinski definition) is 3. The maximum atomic E-state index is 11.7. The smallest absolute Gasteiger partial charge is 0.250 e. The zero-order valence-corrected chi connectivity index (χ0v) is 13.6. The third-order valence-electron chi connectivity index (χ3n) is 5.06. The lowest BCUT2D eigenvalue weighted by Crippen LogP contribution is -2.47. The highest BCUT2D eigenvalue weighted by molar-refractivity contribution is 6.04. The Bertz CT molecular complexity index is 930. The van der Waals surface area contributed by atoms with Crippen LogP contribution in [0.1, 0.15) is 40.7 Å². The van der Waals surface area contributed by atoms with Crippen LogP contribution in [0, 0.1) is 0 Å². The number of primary amides is 1. The molecule has 5 nitrogen and oxygen atoms in total. The number of nitrogens with two attached hydrogens (primary N) is 1. The molecular formula is C19H20N4O. The first-order chi connectivity index (χ1) is 11.6. The number of amides is 1. The molecule has 0 saturated heterocycles. The number of imidazole rings is 1. The summed E-state index contributed by atoms with van der Waals surface area (Å²) >= 11 is 0. The first-order valence-electron chi connectivity index (χ1n) is 8.24. The Balaban J connectivity index is 1.83. The van der Waals surface area contributed by atoms with Crippen LogP contribution in [-0.4, -0.2) is 15.9 Å². The summed E-state index contributed by atoms with van der Waals surface area (Å²) in [4.78, 5) is 19.8. The molecule has 4 rings (SSSR count). The van der Waals surface area contributed by atoms with Crippen molar-refractivity contribution in [2.24, 2.45) is 5.73 Å². The summed E-state index contributed by atoms with van der Waals surface area (Å²) in [6.07, 6.45) is 1.76. The Morgan fingerprint density at radius 2 is 2.00 bits per heavy atom. The highest BCUT2D eigenvalue weighted by Crippen LogP contribution is 2.34. The second kappa shape index (κ2) is 5.46. The van der Waals surface area contributed by atoms with Crippen molar-refractivity contribution in [1.82, 2.24) is 15.3 Å². The largest absolute Gasteiger partial charge is 0.366 e. The van der Waals surface area contributed by atoms with Crippen molar-refractivity contribution < 1.29 is 4.79 Å². The molecule has 0 saturated carbocycles. The standard InChI is InChI=1S/C19H20N4O/c1-2-19(10-12-6-3-4-7-13(12)11-21-19)18-22-15-9-5-8-14(17(20)24)16(15)23-18/h3-9,21H,2,10-11H2,1H3,(H2,20,24)(H,22,23). The summed E-state index contributed by atoms with van der Waals surface area (Å²) in [6, 6.07) is 14.0. The Labute approximate surface area is 140 Å². The molecule has 1 aromatic heterocycles. The Hall–Kier alpha value is -2.66. The molecule has 4 N–H and O–H groups in total. The van der Waals surface area contributed by atoms with Crippen LogP contribution in [0.5, 0.6) is 0 Å². The van der Waals surface area contributed by atoms with Crippen molar-refractivity contribution in [3.63, 3.8) is 0 Å². The van der Waals surface area contributed by atoms with Crippen LogP contribution in [0.4, 0.5) is 0 Å². The van der Waals surface area contributed by atoms with Crippen LogP contribution in [-0.2, 0) is 18.5 Å². The van der Waals surface area contributed by atoms with E-state index >= 15 is 0 Å². The molecule has 1 aliphatic heterocycles. The number of carbonyl (C=O) groups is 1. The zero-order chi connectivity index (χ0) is 16.7. The SMILES string of the molecule is CCC1(c2nc3c(C(N)=O)cccc3[nH]2)Cc2ccccc2CN1. The molecule has 1 amide bonds. The van der Waals surface area contributed by atoms with Crippen molar-refractivity contribution in [1.29, 1.82) is 0 Å². The fraction of sp³-hybridized carbons (Fsp3) is 0.263. The number of benzene rings is 2. The summed E-state index contributed by atoms with van der Waals surface area (Å²) < 4.78 is 0. The number of aromatic amines is 1. The van der Waals surface area contributed by atoms with Crippen LogP contribution in [0.3, 0.4) is 0 Å². The fourth-order valence-corrected chi connectivity index (χ4v) is 3.60. The number of para-hydroxylation sites is 1. The van der Waals surface area contributed by atoms with Crippen molar-refractivity contribution >= 4 is 16.9 Å². The summed E-state index contributed by atoms with van der Waals surface area (Å²) in [5, 5.41) is 3.65. The molecule has 1 unspecified atom stereocenters. The lowest BCUT2D eigenvalue weighted by atomic mass is 9.82. The number of carbonyl (C=O) groups excluding carboxylic acids is 1. The highest BCUT2D eigenvalue weighted by Gasteiger charge is 2.37. The quantitative estimate of drug-likeness (QED) is 0.693. The van der Waals surface area contributed by atoms with Crippen LogP contribution >= 0.6 is 0 Å². The number of hydrogen-bond acceptors (Lipinski definition) is 3. The van der Waals surface area contributed by atoms with Gasteiger partial charge in [0, 0.05) is 6.54 Å². The maximum absolute atomic E-state index is 11.7. The number of fused-ring (bicyclic) bond motifs is 2. The first kappa shape index (κ1) is 14.9. The average molecular weight is 320 g/mol. The van der Waals surface area contributed by atoms with Crippen LogP contribution in [0.25, 0.3) is 11.0 Å². The molecule has 0 aliphatic carbocycles. The van der Waals surface area contributed by atoms with Gasteiger partial charge < -0.3 is 16.0 Å². The van der Waals surface area contributed by atoms with E-state index in [-0.39, 0.29) is 5.54 Å². The Kier molecular flexibility index (Phi) is 3.39. The van der Waals surface area contributed by atoms with E-state index < -0.39 is 5.91 Å². The molecule has 0 fully saturated rings. The minimum Gasteiger partial charge on any atom is -0.366 e. The monoisotopic (exact) mass is 320 g/mol. The van der Waals surface area contributed by atoms with Crippen molar-refractivity contribution in [2.45, 2.75) is 31.8 Å². The third-order valence-corrected chi connectivity index (χ3v) is 5.06. The minimum atomic E-state index is -0.453. The van der Waals surface area contributed by atoms with Gasteiger partial charge in [0.05, 0.1) is 16.6 Å². The fourth-order valence-electron chi connectivity index (χ4n) is 3.60. The van der Waals surface area contributed by atoms with E-state index in [1.165, 1.54) is 11.1 Å². The molecule has 24 heavy (non-hydrogen) atoms. The number of rotatable bonds is 3. The van der Waals surface area contributed by atoms with Gasteiger partial charge in [-0.2, -0.15) is 0 Å². The van der Waals surface area contributed by atoms with Crippen molar-refractivity contribution in [2.75, 3.05) is 0 Å². The molecule has 0 bridgehead atoms. The molecule has 2 heterocycles. The third kappa shape index (κ3) is 2.20. The van der Waals surface area contributed by atoms with Gasteiger partial charge in [0.25, 0.3) is 5.91 Å². The second-order valence-corrected chi connectivity index (χ2v) is 6.39. The Morgan fingerprint density at radius 1 is 1.21 bits per heavy atom. The Morgan fingerprint density at radius 3 is 2.75 bits per heavy atom. The molecule has 5 heteroatoms. The number of nitrogens with one attached hydrogen (secondary N) is 2. The molecular weight excluding hydrogens is 300 g/mol. The molecule has 1 atom stereocenters. The second-order valence-electron chi connectivity index (χ2n) is 6.39. The molecule has 2 aromatic carbocycles. The van der Waals surface area contributed by atoms with Crippen LogP contribution in [0.15, 0.2) is 42.5 Å². The van der Waals surface area contributed by atoms with Crippen LogP contribution in [0.2, 0.25) is 0 Å². The average Bonchev–Trinajstić information content (AvgIpc) is 3.05. The van der Waals surface area contributed by atoms with E-state index in [9.17, 15) is 4.79 Å². The van der Waals surface area contributed by atoms with E-state index in [1.54, 1.807) is 6.07 Å². The van der Waals surface area contributed by atoms with E-state index in [4.69, 9.17) is 10.7 Å². The molecule has 122 valence electrons. The van der Waals surface area contributed by atoms with E-state index in [2.05, 4.69) is 41.5 Å². The molecule has 0 spiro atoms. The molecule has 1 aliphatic rings. The molecule has 3 aromatic rings. The van der Waals surface area contributed by atoms with Gasteiger partial charge in [-0.25, -0.2) is 4.98 Å². The van der Waals surface area contributed by atoms with Gasteiger partial charge in [0.15, 0.2) is 0 Å². The van der Waals surface area contributed by atoms with Crippen molar-refractivity contribution in [3.8, 4) is 0 Å². The summed E-state index contributed by atoms with van der Waals surface area (Å²) in [5.41, 5.74) is 9.84. The van der Waals surface area contributed by atoms with E-state index in [0.717, 1.165) is 30.7 Å². The minimum absolute atomic E-state index is 0.262. The summed E-state index contributed by atoms with van der Waals surface area (Å²) in [7, 11) is 0. The molecule has 0 radical (unpaired) electrons. The van der Waals surface area contributed by atoms with E-state index in [1.807, 2.05) is 12.1 Å². The maximum Gasteiger partial charge on any atom is 0.250 e. The summed E-state index contributed by atoms with van der Waals surface area (Å²) in [5.74, 6) is 0.411. The lowest BCUT2D eigenvalue weighted by molar-refractivity contribution is 0.100. The number of H-pyrrole nitrogens is 1. The first-order valence-corrected chi connectivity index (χ1v) is 8.24. The number of aromatic nitrogens is 2. The highest BCUT2D eigenvalue weighted by atomic mass is 16.1. The lowest BCUT2D eigenvalue weighted by Gasteiger charge is -2.37. The van der Waals surface area contributed by atoms with Gasteiger partial charge in [-0.15, -0.1) is 0 Å². The normalized spacial score (nSPS) is 20.0. The predicted molar refractivity (Wildman–Crippen MR) is 93.6 cm³/mol. The number of nitrogens with zero attached hydrogens (tertiary/aromatic N) is 1. The van der Waals surface area contributed by atoms with Gasteiger partial charge >= 0.3 is 0 Å². The van der Waals surface area contributed by atoms with Gasteiger partial charge in [-0.05, 0) is 36.1 Å². The summed E-state index contributed by atoms with van der Waals surface area (Å²) in [6.45, 7) is 2.97.